The summed E-state index contributed by atoms with van der Waals surface area (Å²) in [4.78, 5) is 10.9. The summed E-state index contributed by atoms with van der Waals surface area (Å²) in [7, 11) is -3.96. The van der Waals surface area contributed by atoms with Gasteiger partial charge in [-0.05, 0) is 13.0 Å². The molecule has 6 nitrogen and oxygen atoms in total. The highest BCUT2D eigenvalue weighted by Crippen LogP contribution is 2.32. The van der Waals surface area contributed by atoms with Crippen molar-refractivity contribution in [1.82, 2.24) is 5.32 Å². The number of nitrogens with one attached hydrogen (secondary N) is 1. The first-order chi connectivity index (χ1) is 8.75. The summed E-state index contributed by atoms with van der Waals surface area (Å²) in [6, 6.07) is 2.27. The standard InChI is InChI=1S/C10H12Cl2N2O4S/c1-2-14-10(15)5-18-8-3-7(12)9(4-6(8)11)19(13,16)17/h3-4H,2,5H2,1H3,(H,14,15)(H2,13,16,17). The van der Waals surface area contributed by atoms with Crippen LogP contribution >= 0.6 is 23.2 Å². The molecule has 0 radical (unpaired) electrons. The van der Waals surface area contributed by atoms with Gasteiger partial charge in [0, 0.05) is 12.6 Å². The maximum absolute atomic E-state index is 11.2. The molecule has 0 unspecified atom stereocenters. The van der Waals surface area contributed by atoms with Crippen molar-refractivity contribution in [3.05, 3.63) is 22.2 Å². The number of carbonyl (C=O) groups is 1. The first-order valence-electron chi connectivity index (χ1n) is 5.17. The summed E-state index contributed by atoms with van der Waals surface area (Å²) >= 11 is 11.6. The molecule has 0 aliphatic carbocycles. The monoisotopic (exact) mass is 326 g/mol. The number of rotatable bonds is 5. The molecule has 0 aliphatic heterocycles. The van der Waals surface area contributed by atoms with Gasteiger partial charge in [-0.2, -0.15) is 0 Å². The predicted octanol–water partition coefficient (Wildman–Crippen LogP) is 1.16. The van der Waals surface area contributed by atoms with Crippen LogP contribution in [0.2, 0.25) is 10.0 Å². The molecule has 1 aromatic carbocycles. The van der Waals surface area contributed by atoms with Crippen LogP contribution in [-0.4, -0.2) is 27.5 Å². The minimum atomic E-state index is -3.96. The second-order valence-corrected chi connectivity index (χ2v) is 5.84. The largest absolute Gasteiger partial charge is 0.482 e. The van der Waals surface area contributed by atoms with E-state index < -0.39 is 10.0 Å². The van der Waals surface area contributed by atoms with Crippen molar-refractivity contribution in [2.75, 3.05) is 13.2 Å². The van der Waals surface area contributed by atoms with Crippen LogP contribution in [0.3, 0.4) is 0 Å². The SMILES string of the molecule is CCNC(=O)COc1cc(Cl)c(S(N)(=O)=O)cc1Cl. The Labute approximate surface area is 120 Å². The summed E-state index contributed by atoms with van der Waals surface area (Å²) in [6.07, 6.45) is 0. The summed E-state index contributed by atoms with van der Waals surface area (Å²) < 4.78 is 27.5. The van der Waals surface area contributed by atoms with Gasteiger partial charge >= 0.3 is 0 Å². The highest BCUT2D eigenvalue weighted by molar-refractivity contribution is 7.89. The molecule has 0 heterocycles. The first-order valence-corrected chi connectivity index (χ1v) is 7.47. The van der Waals surface area contributed by atoms with E-state index in [4.69, 9.17) is 33.1 Å². The number of nitrogens with two attached hydrogens (primary N) is 1. The Balaban J connectivity index is 2.94. The fourth-order valence-corrected chi connectivity index (χ4v) is 2.60. The van der Waals surface area contributed by atoms with E-state index in [0.29, 0.717) is 6.54 Å². The maximum atomic E-state index is 11.2. The molecule has 3 N–H and O–H groups in total. The maximum Gasteiger partial charge on any atom is 0.257 e. The number of primary sulfonamides is 1. The van der Waals surface area contributed by atoms with E-state index >= 15 is 0 Å². The third kappa shape index (κ3) is 4.54. The molecule has 0 bridgehead atoms. The molecule has 1 amide bonds. The van der Waals surface area contributed by atoms with Gasteiger partial charge in [0.2, 0.25) is 10.0 Å². The number of likely N-dealkylation sites (N-methyl/N-ethyl adjacent to an activating group) is 1. The zero-order valence-electron chi connectivity index (χ0n) is 9.94. The molecule has 9 heteroatoms. The molecule has 0 fully saturated rings. The zero-order chi connectivity index (χ0) is 14.6. The molecule has 19 heavy (non-hydrogen) atoms. The molecule has 0 spiro atoms. The molecule has 106 valence electrons. The Bertz CT molecular complexity index is 589. The van der Waals surface area contributed by atoms with Gasteiger partial charge in [0.05, 0.1) is 10.0 Å². The highest BCUT2D eigenvalue weighted by Gasteiger charge is 2.17. The third-order valence-electron chi connectivity index (χ3n) is 2.03. The van der Waals surface area contributed by atoms with Crippen LogP contribution in [0.25, 0.3) is 0 Å². The number of hydrogen-bond donors (Lipinski definition) is 2. The van der Waals surface area contributed by atoms with E-state index in [9.17, 15) is 13.2 Å². The minimum Gasteiger partial charge on any atom is -0.482 e. The first kappa shape index (κ1) is 16.0. The van der Waals surface area contributed by atoms with Gasteiger partial charge in [-0.1, -0.05) is 23.2 Å². The van der Waals surface area contributed by atoms with E-state index in [1.54, 1.807) is 6.92 Å². The highest BCUT2D eigenvalue weighted by atomic mass is 35.5. The Morgan fingerprint density at radius 2 is 2.00 bits per heavy atom. The van der Waals surface area contributed by atoms with E-state index in [0.717, 1.165) is 6.07 Å². The molecule has 0 aliphatic rings. The number of halogens is 2. The van der Waals surface area contributed by atoms with Crippen molar-refractivity contribution < 1.29 is 17.9 Å². The van der Waals surface area contributed by atoms with Crippen molar-refractivity contribution in [1.29, 1.82) is 0 Å². The van der Waals surface area contributed by atoms with Gasteiger partial charge in [-0.25, -0.2) is 13.6 Å². The van der Waals surface area contributed by atoms with Crippen molar-refractivity contribution in [3.63, 3.8) is 0 Å². The Morgan fingerprint density at radius 3 is 2.53 bits per heavy atom. The summed E-state index contributed by atoms with van der Waals surface area (Å²) in [6.45, 7) is 1.99. The van der Waals surface area contributed by atoms with Crippen LogP contribution in [0.15, 0.2) is 17.0 Å². The normalized spacial score (nSPS) is 11.2. The van der Waals surface area contributed by atoms with E-state index in [-0.39, 0.29) is 33.2 Å². The quantitative estimate of drug-likeness (QED) is 0.848. The molecular weight excluding hydrogens is 315 g/mol. The van der Waals surface area contributed by atoms with Gasteiger partial charge in [0.1, 0.15) is 10.6 Å². The molecule has 0 saturated heterocycles. The van der Waals surface area contributed by atoms with Crippen molar-refractivity contribution in [2.45, 2.75) is 11.8 Å². The van der Waals surface area contributed by atoms with Gasteiger partial charge in [-0.15, -0.1) is 0 Å². The summed E-state index contributed by atoms with van der Waals surface area (Å²) in [5, 5.41) is 7.36. The second kappa shape index (κ2) is 6.42. The minimum absolute atomic E-state index is 0.00211. The lowest BCUT2D eigenvalue weighted by molar-refractivity contribution is -0.122. The smallest absolute Gasteiger partial charge is 0.257 e. The molecular formula is C10H12Cl2N2O4S. The van der Waals surface area contributed by atoms with Crippen molar-refractivity contribution >= 4 is 39.1 Å². The average Bonchev–Trinajstić information content (AvgIpc) is 2.28. The van der Waals surface area contributed by atoms with E-state index in [2.05, 4.69) is 5.32 Å². The third-order valence-corrected chi connectivity index (χ3v) is 3.70. The van der Waals surface area contributed by atoms with Crippen molar-refractivity contribution in [3.8, 4) is 5.75 Å². The Hall–Kier alpha value is -1.02. The van der Waals surface area contributed by atoms with Crippen LogP contribution in [0, 0.1) is 0 Å². The number of carbonyl (C=O) groups excluding carboxylic acids is 1. The number of ether oxygens (including phenoxy) is 1. The number of amides is 1. The Morgan fingerprint density at radius 1 is 1.37 bits per heavy atom. The fourth-order valence-electron chi connectivity index (χ4n) is 1.23. The Kier molecular flexibility index (Phi) is 5.42. The lowest BCUT2D eigenvalue weighted by Crippen LogP contribution is -2.28. The van der Waals surface area contributed by atoms with Crippen LogP contribution < -0.4 is 15.2 Å². The molecule has 0 saturated carbocycles. The average molecular weight is 327 g/mol. The zero-order valence-corrected chi connectivity index (χ0v) is 12.3. The van der Waals surface area contributed by atoms with Crippen LogP contribution in [0.4, 0.5) is 0 Å². The van der Waals surface area contributed by atoms with Crippen LogP contribution in [0.5, 0.6) is 5.75 Å². The molecule has 1 rings (SSSR count). The van der Waals surface area contributed by atoms with Crippen LogP contribution in [0.1, 0.15) is 6.92 Å². The second-order valence-electron chi connectivity index (χ2n) is 3.50. The van der Waals surface area contributed by atoms with Crippen molar-refractivity contribution in [2.24, 2.45) is 5.14 Å². The van der Waals surface area contributed by atoms with Gasteiger partial charge in [-0.3, -0.25) is 4.79 Å². The van der Waals surface area contributed by atoms with Crippen LogP contribution in [-0.2, 0) is 14.8 Å². The lowest BCUT2D eigenvalue weighted by atomic mass is 10.3. The summed E-state index contributed by atoms with van der Waals surface area (Å²) in [5.41, 5.74) is 0. The van der Waals surface area contributed by atoms with Gasteiger partial charge < -0.3 is 10.1 Å². The fraction of sp³-hybridized carbons (Fsp3) is 0.300. The predicted molar refractivity (Wildman–Crippen MR) is 72.0 cm³/mol. The number of benzene rings is 1. The molecule has 0 atom stereocenters. The topological polar surface area (TPSA) is 98.5 Å². The van der Waals surface area contributed by atoms with E-state index in [1.807, 2.05) is 0 Å². The van der Waals surface area contributed by atoms with Gasteiger partial charge in [0.25, 0.3) is 5.91 Å². The number of hydrogen-bond acceptors (Lipinski definition) is 4. The summed E-state index contributed by atoms with van der Waals surface area (Å²) in [5.74, 6) is -0.226. The van der Waals surface area contributed by atoms with E-state index in [1.165, 1.54) is 6.07 Å². The molecule has 1 aromatic rings. The number of sulfonamides is 1. The van der Waals surface area contributed by atoms with Gasteiger partial charge in [0.15, 0.2) is 6.61 Å². The lowest BCUT2D eigenvalue weighted by Gasteiger charge is -2.10. The molecule has 0 aromatic heterocycles.